The molecule has 1 fully saturated rings. The van der Waals surface area contributed by atoms with E-state index >= 15 is 0 Å². The van der Waals surface area contributed by atoms with E-state index in [0.717, 1.165) is 6.42 Å². The van der Waals surface area contributed by atoms with Crippen molar-refractivity contribution in [3.63, 3.8) is 0 Å². The molecule has 4 heterocycles. The van der Waals surface area contributed by atoms with Crippen molar-refractivity contribution in [2.45, 2.75) is 36.8 Å². The first-order valence-corrected chi connectivity index (χ1v) is 9.83. The van der Waals surface area contributed by atoms with E-state index in [1.54, 1.807) is 30.6 Å². The number of pyridine rings is 2. The Kier molecular flexibility index (Phi) is 4.16. The van der Waals surface area contributed by atoms with E-state index in [0.29, 0.717) is 29.9 Å². The highest BCUT2D eigenvalue weighted by Gasteiger charge is 2.53. The van der Waals surface area contributed by atoms with Gasteiger partial charge in [0, 0.05) is 17.8 Å². The van der Waals surface area contributed by atoms with Crippen LogP contribution in [-0.4, -0.2) is 33.1 Å². The maximum atomic E-state index is 13.5. The number of nitrogens with zero attached hydrogens (tertiary/aromatic N) is 3. The molecule has 1 aliphatic carbocycles. The molecule has 0 spiro atoms. The summed E-state index contributed by atoms with van der Waals surface area (Å²) in [4.78, 5) is 37.0. The lowest BCUT2D eigenvalue weighted by Crippen LogP contribution is -2.41. The Bertz CT molecular complexity index is 963. The van der Waals surface area contributed by atoms with Crippen LogP contribution in [0, 0.1) is 5.92 Å². The number of aromatic nitrogens is 2. The van der Waals surface area contributed by atoms with Gasteiger partial charge in [0.1, 0.15) is 18.0 Å². The third-order valence-corrected chi connectivity index (χ3v) is 6.04. The van der Waals surface area contributed by atoms with Crippen LogP contribution in [0.3, 0.4) is 0 Å². The largest absolute Gasteiger partial charge is 0.483 e. The van der Waals surface area contributed by atoms with Crippen LogP contribution in [0.1, 0.15) is 31.0 Å². The molecular weight excluding hydrogens is 378 g/mol. The van der Waals surface area contributed by atoms with Crippen molar-refractivity contribution >= 4 is 29.1 Å². The Morgan fingerprint density at radius 2 is 1.82 bits per heavy atom. The molecule has 28 heavy (non-hydrogen) atoms. The van der Waals surface area contributed by atoms with Gasteiger partial charge in [0.15, 0.2) is 11.5 Å². The summed E-state index contributed by atoms with van der Waals surface area (Å²) < 4.78 is 6.10. The first kappa shape index (κ1) is 17.4. The number of rotatable bonds is 2. The molecule has 2 aromatic heterocycles. The van der Waals surface area contributed by atoms with Crippen LogP contribution in [0.25, 0.3) is 0 Å². The van der Waals surface area contributed by atoms with E-state index in [4.69, 9.17) is 16.3 Å². The van der Waals surface area contributed by atoms with E-state index < -0.39 is 6.04 Å². The molecular formula is C21H18ClN3O3. The third kappa shape index (κ3) is 2.63. The number of amides is 1. The average Bonchev–Trinajstić information content (AvgIpc) is 3.03. The van der Waals surface area contributed by atoms with E-state index in [9.17, 15) is 9.59 Å². The molecule has 4 atom stereocenters. The Balaban J connectivity index is 1.64. The van der Waals surface area contributed by atoms with Crippen molar-refractivity contribution in [1.29, 1.82) is 0 Å². The third-order valence-electron chi connectivity index (χ3n) is 5.65. The number of hydrogen-bond donors (Lipinski definition) is 0. The van der Waals surface area contributed by atoms with Gasteiger partial charge >= 0.3 is 0 Å². The maximum Gasteiger partial charge on any atom is 0.295 e. The van der Waals surface area contributed by atoms with Crippen molar-refractivity contribution in [3.05, 3.63) is 65.8 Å². The van der Waals surface area contributed by atoms with Crippen LogP contribution in [0.15, 0.2) is 60.1 Å². The molecule has 0 radical (unpaired) electrons. The minimum Gasteiger partial charge on any atom is -0.483 e. The number of alkyl halides is 1. The monoisotopic (exact) mass is 395 g/mol. The molecule has 1 saturated carbocycles. The summed E-state index contributed by atoms with van der Waals surface area (Å²) in [7, 11) is 0. The zero-order chi connectivity index (χ0) is 19.3. The molecule has 0 bridgehead atoms. The van der Waals surface area contributed by atoms with Gasteiger partial charge in [-0.3, -0.25) is 19.5 Å². The maximum absolute atomic E-state index is 13.5. The number of halogens is 1. The lowest BCUT2D eigenvalue weighted by molar-refractivity contribution is -0.131. The van der Waals surface area contributed by atoms with E-state index in [2.05, 4.69) is 9.97 Å². The highest BCUT2D eigenvalue weighted by molar-refractivity contribution is 6.21. The van der Waals surface area contributed by atoms with Gasteiger partial charge < -0.3 is 4.74 Å². The van der Waals surface area contributed by atoms with Gasteiger partial charge in [0.05, 0.1) is 17.2 Å². The summed E-state index contributed by atoms with van der Waals surface area (Å²) in [6.45, 7) is 0. The minimum absolute atomic E-state index is 0.0479. The lowest BCUT2D eigenvalue weighted by Gasteiger charge is -2.36. The van der Waals surface area contributed by atoms with Gasteiger partial charge in [-0.2, -0.15) is 0 Å². The summed E-state index contributed by atoms with van der Waals surface area (Å²) in [5, 5.41) is -0.0479. The second kappa shape index (κ2) is 6.71. The second-order valence-corrected chi connectivity index (χ2v) is 7.92. The topological polar surface area (TPSA) is 72.4 Å². The Labute approximate surface area is 167 Å². The number of ketones is 1. The predicted octanol–water partition coefficient (Wildman–Crippen LogP) is 3.19. The fourth-order valence-electron chi connectivity index (χ4n) is 4.37. The van der Waals surface area contributed by atoms with Crippen molar-refractivity contribution in [3.8, 4) is 0 Å². The predicted molar refractivity (Wildman–Crippen MR) is 103 cm³/mol. The molecule has 1 amide bonds. The van der Waals surface area contributed by atoms with Crippen LogP contribution in [0.4, 0.5) is 5.82 Å². The summed E-state index contributed by atoms with van der Waals surface area (Å²) >= 11 is 6.33. The van der Waals surface area contributed by atoms with E-state index in [-0.39, 0.29) is 34.8 Å². The fraction of sp³-hybridized carbons (Fsp3) is 0.333. The summed E-state index contributed by atoms with van der Waals surface area (Å²) in [6, 6.07) is 10.1. The van der Waals surface area contributed by atoms with Crippen molar-refractivity contribution in [2.75, 3.05) is 4.90 Å². The summed E-state index contributed by atoms with van der Waals surface area (Å²) in [6.07, 6.45) is 5.00. The Hall–Kier alpha value is -2.73. The molecule has 4 unspecified atom stereocenters. The fourth-order valence-corrected chi connectivity index (χ4v) is 4.68. The van der Waals surface area contributed by atoms with Crippen molar-refractivity contribution in [2.24, 2.45) is 5.92 Å². The molecule has 7 heteroatoms. The molecule has 5 rings (SSSR count). The standard InChI is InChI=1S/C21H18ClN3O3/c22-12-7-8-15-13(11-12)19(26)17-18(14-5-1-3-9-23-14)25(21(27)20(17)28-15)16-6-2-4-10-24-16/h1-6,9-10,12-13,15,18H,7-8,11H2. The summed E-state index contributed by atoms with van der Waals surface area (Å²) in [5.74, 6) is -0.117. The van der Waals surface area contributed by atoms with E-state index in [1.807, 2.05) is 18.2 Å². The van der Waals surface area contributed by atoms with Gasteiger partial charge in [-0.05, 0) is 43.5 Å². The normalized spacial score (nSPS) is 29.4. The number of carbonyl (C=O) groups excluding carboxylic acids is 2. The van der Waals surface area contributed by atoms with Crippen molar-refractivity contribution in [1.82, 2.24) is 9.97 Å². The molecule has 0 aromatic carbocycles. The molecule has 0 N–H and O–H groups in total. The zero-order valence-electron chi connectivity index (χ0n) is 15.0. The van der Waals surface area contributed by atoms with Crippen LogP contribution < -0.4 is 4.90 Å². The average molecular weight is 396 g/mol. The van der Waals surface area contributed by atoms with Gasteiger partial charge in [-0.15, -0.1) is 11.6 Å². The molecule has 6 nitrogen and oxygen atoms in total. The number of fused-ring (bicyclic) bond motifs is 1. The van der Waals surface area contributed by atoms with Crippen LogP contribution >= 0.6 is 11.6 Å². The molecule has 0 saturated heterocycles. The summed E-state index contributed by atoms with van der Waals surface area (Å²) in [5.41, 5.74) is 0.988. The molecule has 3 aliphatic rings. The van der Waals surface area contributed by atoms with Gasteiger partial charge in [-0.25, -0.2) is 4.98 Å². The number of anilines is 1. The molecule has 2 aliphatic heterocycles. The smallest absolute Gasteiger partial charge is 0.295 e. The zero-order valence-corrected chi connectivity index (χ0v) is 15.7. The van der Waals surface area contributed by atoms with Crippen LogP contribution in [0.2, 0.25) is 0 Å². The number of hydrogen-bond acceptors (Lipinski definition) is 5. The SMILES string of the molecule is O=C1C2=C(OC3CCC(Cl)CC13)C(=O)N(c1ccccn1)C2c1ccccn1. The van der Waals surface area contributed by atoms with Crippen LogP contribution in [0.5, 0.6) is 0 Å². The van der Waals surface area contributed by atoms with E-state index in [1.165, 1.54) is 4.90 Å². The number of Topliss-reactive ketones (excluding diaryl/α,β-unsaturated/α-hetero) is 1. The minimum atomic E-state index is -0.650. The Morgan fingerprint density at radius 1 is 1.04 bits per heavy atom. The van der Waals surface area contributed by atoms with Crippen LogP contribution in [-0.2, 0) is 14.3 Å². The first-order chi connectivity index (χ1) is 13.6. The highest BCUT2D eigenvalue weighted by atomic mass is 35.5. The first-order valence-electron chi connectivity index (χ1n) is 9.40. The number of carbonyl (C=O) groups is 2. The van der Waals surface area contributed by atoms with Gasteiger partial charge in [-0.1, -0.05) is 12.1 Å². The lowest BCUT2D eigenvalue weighted by atomic mass is 9.78. The Morgan fingerprint density at radius 3 is 2.54 bits per heavy atom. The second-order valence-electron chi connectivity index (χ2n) is 7.30. The quantitative estimate of drug-likeness (QED) is 0.730. The molecule has 2 aromatic rings. The van der Waals surface area contributed by atoms with Gasteiger partial charge in [0.25, 0.3) is 5.91 Å². The number of ether oxygens (including phenoxy) is 1. The van der Waals surface area contributed by atoms with Crippen molar-refractivity contribution < 1.29 is 14.3 Å². The van der Waals surface area contributed by atoms with Gasteiger partial charge in [0.2, 0.25) is 0 Å². The highest BCUT2D eigenvalue weighted by Crippen LogP contribution is 2.47. The molecule has 142 valence electrons.